The molecule has 1 rings (SSSR count). The van der Waals surface area contributed by atoms with Crippen LogP contribution >= 0.6 is 0 Å². The second-order valence-electron chi connectivity index (χ2n) is 5.07. The first kappa shape index (κ1) is 16.9. The molecule has 116 valence electrons. The number of likely N-dealkylation sites (tertiary alicyclic amines) is 1. The summed E-state index contributed by atoms with van der Waals surface area (Å²) in [4.78, 5) is 24.4. The molecule has 3 N–H and O–H groups in total. The van der Waals surface area contributed by atoms with E-state index >= 15 is 0 Å². The fourth-order valence-corrected chi connectivity index (χ4v) is 2.23. The fourth-order valence-electron chi connectivity index (χ4n) is 2.23. The first-order valence-electron chi connectivity index (χ1n) is 6.93. The van der Waals surface area contributed by atoms with Gasteiger partial charge in [-0.25, -0.2) is 0 Å². The molecule has 1 atom stereocenters. The van der Waals surface area contributed by atoms with E-state index in [0.29, 0.717) is 45.5 Å². The molecule has 1 aliphatic rings. The van der Waals surface area contributed by atoms with Gasteiger partial charge in [-0.15, -0.1) is 0 Å². The standard InChI is InChI=1S/C13H24N2O5/c1-20-9-11(16)2-5-14-8-12(17)15-6-3-10(4-7-15)13(18)19/h10-11,14,16H,2-9H2,1H3,(H,18,19). The highest BCUT2D eigenvalue weighted by atomic mass is 16.5. The summed E-state index contributed by atoms with van der Waals surface area (Å²) in [5, 5.41) is 21.3. The largest absolute Gasteiger partial charge is 0.481 e. The Balaban J connectivity index is 2.13. The van der Waals surface area contributed by atoms with E-state index in [2.05, 4.69) is 5.32 Å². The number of nitrogens with zero attached hydrogens (tertiary/aromatic N) is 1. The van der Waals surface area contributed by atoms with Gasteiger partial charge in [0, 0.05) is 20.2 Å². The van der Waals surface area contributed by atoms with Gasteiger partial charge in [0.2, 0.25) is 5.91 Å². The molecule has 0 bridgehead atoms. The molecule has 1 heterocycles. The molecule has 0 spiro atoms. The summed E-state index contributed by atoms with van der Waals surface area (Å²) in [7, 11) is 1.53. The number of piperidine rings is 1. The lowest BCUT2D eigenvalue weighted by molar-refractivity contribution is -0.145. The number of carbonyl (C=O) groups is 2. The van der Waals surface area contributed by atoms with Gasteiger partial charge in [0.15, 0.2) is 0 Å². The SMILES string of the molecule is COCC(O)CCNCC(=O)N1CCC(C(=O)O)CC1. The maximum absolute atomic E-state index is 11.9. The van der Waals surface area contributed by atoms with E-state index < -0.39 is 12.1 Å². The Morgan fingerprint density at radius 1 is 1.40 bits per heavy atom. The third kappa shape index (κ3) is 5.85. The van der Waals surface area contributed by atoms with Crippen LogP contribution in [-0.2, 0) is 14.3 Å². The highest BCUT2D eigenvalue weighted by Crippen LogP contribution is 2.16. The van der Waals surface area contributed by atoms with Crippen molar-refractivity contribution in [2.24, 2.45) is 5.92 Å². The first-order chi connectivity index (χ1) is 9.54. The van der Waals surface area contributed by atoms with Crippen LogP contribution in [-0.4, -0.2) is 73.0 Å². The van der Waals surface area contributed by atoms with Gasteiger partial charge in [0.05, 0.1) is 25.2 Å². The summed E-state index contributed by atoms with van der Waals surface area (Å²) in [6.45, 7) is 2.06. The third-order valence-electron chi connectivity index (χ3n) is 3.49. The number of carbonyl (C=O) groups excluding carboxylic acids is 1. The van der Waals surface area contributed by atoms with Crippen molar-refractivity contribution < 1.29 is 24.5 Å². The Morgan fingerprint density at radius 2 is 2.05 bits per heavy atom. The number of rotatable bonds is 8. The molecule has 7 nitrogen and oxygen atoms in total. The minimum absolute atomic E-state index is 0.0185. The van der Waals surface area contributed by atoms with E-state index in [1.165, 1.54) is 7.11 Å². The van der Waals surface area contributed by atoms with Crippen LogP contribution in [0, 0.1) is 5.92 Å². The van der Waals surface area contributed by atoms with E-state index in [-0.39, 0.29) is 18.4 Å². The number of methoxy groups -OCH3 is 1. The first-order valence-corrected chi connectivity index (χ1v) is 6.93. The number of aliphatic hydroxyl groups is 1. The Kier molecular flexibility index (Phi) is 7.50. The normalized spacial score (nSPS) is 18.0. The van der Waals surface area contributed by atoms with Crippen LogP contribution in [0.25, 0.3) is 0 Å². The zero-order chi connectivity index (χ0) is 15.0. The molecule has 1 saturated heterocycles. The van der Waals surface area contributed by atoms with E-state index in [0.717, 1.165) is 0 Å². The number of carboxylic acid groups (broad SMARTS) is 1. The average Bonchev–Trinajstić information content (AvgIpc) is 2.43. The number of nitrogens with one attached hydrogen (secondary N) is 1. The second kappa shape index (κ2) is 8.89. The van der Waals surface area contributed by atoms with Gasteiger partial charge < -0.3 is 25.2 Å². The van der Waals surface area contributed by atoms with Crippen molar-refractivity contribution in [1.29, 1.82) is 0 Å². The molecule has 1 amide bonds. The molecule has 0 aliphatic carbocycles. The van der Waals surface area contributed by atoms with Crippen molar-refractivity contribution in [3.63, 3.8) is 0 Å². The second-order valence-corrected chi connectivity index (χ2v) is 5.07. The fraction of sp³-hybridized carbons (Fsp3) is 0.846. The van der Waals surface area contributed by atoms with Crippen molar-refractivity contribution in [1.82, 2.24) is 10.2 Å². The zero-order valence-corrected chi connectivity index (χ0v) is 11.9. The molecular weight excluding hydrogens is 264 g/mol. The number of hydrogen-bond donors (Lipinski definition) is 3. The van der Waals surface area contributed by atoms with Crippen molar-refractivity contribution in [2.45, 2.75) is 25.4 Å². The number of aliphatic hydroxyl groups excluding tert-OH is 1. The smallest absolute Gasteiger partial charge is 0.306 e. The van der Waals surface area contributed by atoms with Gasteiger partial charge in [-0.3, -0.25) is 9.59 Å². The Bertz CT molecular complexity index is 316. The predicted octanol–water partition coefficient (Wildman–Crippen LogP) is -0.703. The highest BCUT2D eigenvalue weighted by molar-refractivity contribution is 5.78. The lowest BCUT2D eigenvalue weighted by Gasteiger charge is -2.30. The minimum atomic E-state index is -0.776. The molecule has 1 aliphatic heterocycles. The summed E-state index contributed by atoms with van der Waals surface area (Å²) in [6, 6.07) is 0. The van der Waals surface area contributed by atoms with Crippen molar-refractivity contribution in [2.75, 3.05) is 39.9 Å². The van der Waals surface area contributed by atoms with Crippen LogP contribution in [0.15, 0.2) is 0 Å². The lowest BCUT2D eigenvalue weighted by atomic mass is 9.97. The number of amides is 1. The molecule has 1 unspecified atom stereocenters. The molecule has 0 aromatic carbocycles. The van der Waals surface area contributed by atoms with Crippen LogP contribution in [0.3, 0.4) is 0 Å². The zero-order valence-electron chi connectivity index (χ0n) is 11.9. The van der Waals surface area contributed by atoms with Gasteiger partial charge >= 0.3 is 5.97 Å². The average molecular weight is 288 g/mol. The van der Waals surface area contributed by atoms with E-state index in [1.54, 1.807) is 4.90 Å². The van der Waals surface area contributed by atoms with Gasteiger partial charge in [0.1, 0.15) is 0 Å². The van der Waals surface area contributed by atoms with Gasteiger partial charge in [-0.2, -0.15) is 0 Å². The summed E-state index contributed by atoms with van der Waals surface area (Å²) in [5.41, 5.74) is 0. The Morgan fingerprint density at radius 3 is 2.60 bits per heavy atom. The predicted molar refractivity (Wildman–Crippen MR) is 72.3 cm³/mol. The number of ether oxygens (including phenoxy) is 1. The lowest BCUT2D eigenvalue weighted by Crippen LogP contribution is -2.44. The van der Waals surface area contributed by atoms with Gasteiger partial charge in [-0.05, 0) is 25.8 Å². The molecule has 1 fully saturated rings. The van der Waals surface area contributed by atoms with Crippen molar-refractivity contribution in [3.8, 4) is 0 Å². The maximum Gasteiger partial charge on any atom is 0.306 e. The molecule has 20 heavy (non-hydrogen) atoms. The summed E-state index contributed by atoms with van der Waals surface area (Å²) < 4.78 is 4.81. The summed E-state index contributed by atoms with van der Waals surface area (Å²) >= 11 is 0. The number of carboxylic acids is 1. The van der Waals surface area contributed by atoms with E-state index in [4.69, 9.17) is 9.84 Å². The van der Waals surface area contributed by atoms with Crippen LogP contribution in [0.4, 0.5) is 0 Å². The van der Waals surface area contributed by atoms with Crippen molar-refractivity contribution >= 4 is 11.9 Å². The number of hydrogen-bond acceptors (Lipinski definition) is 5. The van der Waals surface area contributed by atoms with Crippen LogP contribution in [0.1, 0.15) is 19.3 Å². The minimum Gasteiger partial charge on any atom is -0.481 e. The molecular formula is C13H24N2O5. The molecule has 0 radical (unpaired) electrons. The number of aliphatic carboxylic acids is 1. The third-order valence-corrected chi connectivity index (χ3v) is 3.49. The quantitative estimate of drug-likeness (QED) is 0.511. The van der Waals surface area contributed by atoms with Crippen LogP contribution in [0.2, 0.25) is 0 Å². The van der Waals surface area contributed by atoms with Crippen LogP contribution < -0.4 is 5.32 Å². The van der Waals surface area contributed by atoms with Crippen LogP contribution in [0.5, 0.6) is 0 Å². The molecule has 0 saturated carbocycles. The monoisotopic (exact) mass is 288 g/mol. The molecule has 0 aromatic rings. The van der Waals surface area contributed by atoms with Crippen molar-refractivity contribution in [3.05, 3.63) is 0 Å². The van der Waals surface area contributed by atoms with E-state index in [1.807, 2.05) is 0 Å². The van der Waals surface area contributed by atoms with Gasteiger partial charge in [-0.1, -0.05) is 0 Å². The summed E-state index contributed by atoms with van der Waals surface area (Å²) in [6.07, 6.45) is 1.05. The van der Waals surface area contributed by atoms with Gasteiger partial charge in [0.25, 0.3) is 0 Å². The Hall–Kier alpha value is -1.18. The van der Waals surface area contributed by atoms with E-state index in [9.17, 15) is 14.7 Å². The topological polar surface area (TPSA) is 99.1 Å². The summed E-state index contributed by atoms with van der Waals surface area (Å²) in [5.74, 6) is -1.12. The maximum atomic E-state index is 11.9. The Labute approximate surface area is 118 Å². The molecule has 7 heteroatoms. The molecule has 0 aromatic heterocycles. The highest BCUT2D eigenvalue weighted by Gasteiger charge is 2.26.